The first kappa shape index (κ1) is 25.6. The first-order valence-corrected chi connectivity index (χ1v) is 10.4. The number of nitrogens with zero attached hydrogens (tertiary/aromatic N) is 1. The Morgan fingerprint density at radius 1 is 0.969 bits per heavy atom. The minimum atomic E-state index is 0. The lowest BCUT2D eigenvalue weighted by molar-refractivity contribution is 0.368. The Bertz CT molecular complexity index is 1020. The molecule has 0 atom stereocenters. The number of nitrogens with one attached hydrogen (secondary N) is 3. The summed E-state index contributed by atoms with van der Waals surface area (Å²) in [6, 6.07) is 10.1. The van der Waals surface area contributed by atoms with Crippen LogP contribution < -0.4 is 24.8 Å². The number of H-pyrrole nitrogens is 1. The number of guanidine groups is 1. The molecule has 0 spiro atoms. The molecule has 7 nitrogen and oxygen atoms in total. The van der Waals surface area contributed by atoms with Crippen molar-refractivity contribution >= 4 is 40.8 Å². The number of para-hydroxylation sites is 1. The highest BCUT2D eigenvalue weighted by Crippen LogP contribution is 2.34. The van der Waals surface area contributed by atoms with Crippen LogP contribution in [0, 0.1) is 6.92 Å². The van der Waals surface area contributed by atoms with Gasteiger partial charge in [0.05, 0.1) is 21.3 Å². The Kier molecular flexibility index (Phi) is 9.96. The van der Waals surface area contributed by atoms with Crippen LogP contribution in [-0.4, -0.2) is 52.4 Å². The van der Waals surface area contributed by atoms with Crippen molar-refractivity contribution < 1.29 is 14.2 Å². The van der Waals surface area contributed by atoms with Gasteiger partial charge in [0.25, 0.3) is 0 Å². The van der Waals surface area contributed by atoms with E-state index in [4.69, 9.17) is 14.2 Å². The second kappa shape index (κ2) is 12.4. The standard InChI is InChI=1S/C24H32N4O3.HI/c1-16-7-6-8-19-17(15-28-23(16)19)9-11-26-24(25-2)27-12-10-20-21(30-4)13-18(29-3)14-22(20)31-5;/h6-8,13-15,28H,9-12H2,1-5H3,(H2,25,26,27);1H. The van der Waals surface area contributed by atoms with Crippen LogP contribution in [0.25, 0.3) is 10.9 Å². The highest BCUT2D eigenvalue weighted by Gasteiger charge is 2.13. The van der Waals surface area contributed by atoms with E-state index in [2.05, 4.69) is 51.9 Å². The quantitative estimate of drug-likeness (QED) is 0.212. The van der Waals surface area contributed by atoms with Crippen LogP contribution in [0.5, 0.6) is 17.2 Å². The van der Waals surface area contributed by atoms with Crippen LogP contribution in [0.3, 0.4) is 0 Å². The molecule has 0 amide bonds. The Hall–Kier alpha value is -2.62. The summed E-state index contributed by atoms with van der Waals surface area (Å²) in [6.07, 6.45) is 3.72. The summed E-state index contributed by atoms with van der Waals surface area (Å²) in [6.45, 7) is 3.60. The van der Waals surface area contributed by atoms with Crippen molar-refractivity contribution in [2.24, 2.45) is 4.99 Å². The average molecular weight is 552 g/mol. The highest BCUT2D eigenvalue weighted by molar-refractivity contribution is 14.0. The molecule has 2 aromatic carbocycles. The molecule has 0 unspecified atom stereocenters. The number of hydrogen-bond donors (Lipinski definition) is 3. The Labute approximate surface area is 207 Å². The highest BCUT2D eigenvalue weighted by atomic mass is 127. The summed E-state index contributed by atoms with van der Waals surface area (Å²) in [5.41, 5.74) is 4.76. The van der Waals surface area contributed by atoms with E-state index in [1.807, 2.05) is 12.1 Å². The number of aromatic amines is 1. The van der Waals surface area contributed by atoms with Crippen molar-refractivity contribution in [1.82, 2.24) is 15.6 Å². The van der Waals surface area contributed by atoms with Gasteiger partial charge in [0, 0.05) is 54.9 Å². The predicted molar refractivity (Wildman–Crippen MR) is 141 cm³/mol. The summed E-state index contributed by atoms with van der Waals surface area (Å²) in [5, 5.41) is 8.04. The zero-order valence-electron chi connectivity index (χ0n) is 19.4. The van der Waals surface area contributed by atoms with Crippen molar-refractivity contribution in [2.45, 2.75) is 19.8 Å². The summed E-state index contributed by atoms with van der Waals surface area (Å²) in [5.74, 6) is 2.96. The molecule has 8 heteroatoms. The summed E-state index contributed by atoms with van der Waals surface area (Å²) < 4.78 is 16.4. The van der Waals surface area contributed by atoms with Gasteiger partial charge in [0.2, 0.25) is 0 Å². The number of ether oxygens (including phenoxy) is 3. The van der Waals surface area contributed by atoms with Crippen LogP contribution in [0.2, 0.25) is 0 Å². The van der Waals surface area contributed by atoms with E-state index >= 15 is 0 Å². The van der Waals surface area contributed by atoms with Crippen molar-refractivity contribution in [3.63, 3.8) is 0 Å². The molecule has 0 radical (unpaired) electrons. The topological polar surface area (TPSA) is 79.9 Å². The van der Waals surface area contributed by atoms with Gasteiger partial charge < -0.3 is 29.8 Å². The number of methoxy groups -OCH3 is 3. The van der Waals surface area contributed by atoms with Crippen LogP contribution in [0.1, 0.15) is 16.7 Å². The number of benzene rings is 2. The Morgan fingerprint density at radius 3 is 2.22 bits per heavy atom. The van der Waals surface area contributed by atoms with E-state index in [9.17, 15) is 0 Å². The van der Waals surface area contributed by atoms with Crippen LogP contribution >= 0.6 is 24.0 Å². The minimum absolute atomic E-state index is 0. The van der Waals surface area contributed by atoms with Crippen molar-refractivity contribution in [3.8, 4) is 17.2 Å². The molecule has 1 aromatic heterocycles. The predicted octanol–water partition coefficient (Wildman–Crippen LogP) is 4.07. The number of halogens is 1. The van der Waals surface area contributed by atoms with Crippen LogP contribution in [0.4, 0.5) is 0 Å². The van der Waals surface area contributed by atoms with E-state index in [1.54, 1.807) is 28.4 Å². The molecule has 32 heavy (non-hydrogen) atoms. The SMILES string of the molecule is CN=C(NCCc1c(OC)cc(OC)cc1OC)NCCc1c[nH]c2c(C)cccc12.I. The monoisotopic (exact) mass is 552 g/mol. The molecule has 0 fully saturated rings. The number of aliphatic imine (C=N–C) groups is 1. The third-order valence-electron chi connectivity index (χ3n) is 5.40. The minimum Gasteiger partial charge on any atom is -0.496 e. The second-order valence-electron chi connectivity index (χ2n) is 7.25. The lowest BCUT2D eigenvalue weighted by atomic mass is 10.1. The van der Waals surface area contributed by atoms with Gasteiger partial charge in [-0.1, -0.05) is 18.2 Å². The lowest BCUT2D eigenvalue weighted by Crippen LogP contribution is -2.39. The van der Waals surface area contributed by atoms with Crippen LogP contribution in [0.15, 0.2) is 41.5 Å². The van der Waals surface area contributed by atoms with Crippen molar-refractivity contribution in [2.75, 3.05) is 41.5 Å². The molecular formula is C24H33IN4O3. The fourth-order valence-electron chi connectivity index (χ4n) is 3.74. The zero-order valence-corrected chi connectivity index (χ0v) is 21.7. The third-order valence-corrected chi connectivity index (χ3v) is 5.40. The average Bonchev–Trinajstić information content (AvgIpc) is 3.22. The third kappa shape index (κ3) is 5.99. The molecule has 0 saturated carbocycles. The molecule has 0 bridgehead atoms. The zero-order chi connectivity index (χ0) is 22.2. The van der Waals surface area contributed by atoms with Gasteiger partial charge in [-0.3, -0.25) is 4.99 Å². The van der Waals surface area contributed by atoms with E-state index in [0.29, 0.717) is 12.3 Å². The van der Waals surface area contributed by atoms with E-state index in [1.165, 1.54) is 22.0 Å². The maximum Gasteiger partial charge on any atom is 0.190 e. The number of fused-ring (bicyclic) bond motifs is 1. The number of hydrogen-bond acceptors (Lipinski definition) is 4. The van der Waals surface area contributed by atoms with Crippen molar-refractivity contribution in [1.29, 1.82) is 0 Å². The normalized spacial score (nSPS) is 11.1. The Balaban J connectivity index is 0.00000363. The van der Waals surface area contributed by atoms with Crippen LogP contribution in [-0.2, 0) is 12.8 Å². The molecule has 0 aliphatic carbocycles. The van der Waals surface area contributed by atoms with Gasteiger partial charge in [0.1, 0.15) is 17.2 Å². The summed E-state index contributed by atoms with van der Waals surface area (Å²) >= 11 is 0. The molecular weight excluding hydrogens is 519 g/mol. The molecule has 3 N–H and O–H groups in total. The maximum atomic E-state index is 5.53. The van der Waals surface area contributed by atoms with Gasteiger partial charge in [-0.2, -0.15) is 0 Å². The molecule has 174 valence electrons. The van der Waals surface area contributed by atoms with Gasteiger partial charge in [-0.15, -0.1) is 24.0 Å². The fourth-order valence-corrected chi connectivity index (χ4v) is 3.74. The first-order valence-electron chi connectivity index (χ1n) is 10.4. The molecule has 3 rings (SSSR count). The first-order chi connectivity index (χ1) is 15.1. The second-order valence-corrected chi connectivity index (χ2v) is 7.25. The van der Waals surface area contributed by atoms with Gasteiger partial charge >= 0.3 is 0 Å². The number of rotatable bonds is 9. The summed E-state index contributed by atoms with van der Waals surface area (Å²) in [7, 11) is 6.71. The molecule has 0 saturated heterocycles. The van der Waals surface area contributed by atoms with Crippen molar-refractivity contribution in [3.05, 3.63) is 53.2 Å². The molecule has 0 aliphatic rings. The van der Waals surface area contributed by atoms with E-state index < -0.39 is 0 Å². The van der Waals surface area contributed by atoms with Gasteiger partial charge in [-0.05, 0) is 30.9 Å². The largest absolute Gasteiger partial charge is 0.496 e. The summed E-state index contributed by atoms with van der Waals surface area (Å²) in [4.78, 5) is 7.72. The lowest BCUT2D eigenvalue weighted by Gasteiger charge is -2.16. The van der Waals surface area contributed by atoms with Gasteiger partial charge in [-0.25, -0.2) is 0 Å². The Morgan fingerprint density at radius 2 is 1.62 bits per heavy atom. The number of aryl methyl sites for hydroxylation is 1. The van der Waals surface area contributed by atoms with E-state index in [-0.39, 0.29) is 24.0 Å². The molecule has 3 aromatic rings. The van der Waals surface area contributed by atoms with Gasteiger partial charge in [0.15, 0.2) is 5.96 Å². The molecule has 0 aliphatic heterocycles. The fraction of sp³-hybridized carbons (Fsp3) is 0.375. The number of aromatic nitrogens is 1. The smallest absolute Gasteiger partial charge is 0.190 e. The molecule has 1 heterocycles. The maximum absolute atomic E-state index is 5.53. The van der Waals surface area contributed by atoms with E-state index in [0.717, 1.165) is 42.4 Å².